The van der Waals surface area contributed by atoms with Crippen molar-refractivity contribution in [3.63, 3.8) is 0 Å². The molecule has 0 fully saturated rings. The van der Waals surface area contributed by atoms with Crippen LogP contribution in [0.3, 0.4) is 0 Å². The highest BCUT2D eigenvalue weighted by Crippen LogP contribution is 2.17. The third kappa shape index (κ3) is 3.06. The van der Waals surface area contributed by atoms with Crippen LogP contribution in [-0.4, -0.2) is 9.78 Å². The first-order valence-electron chi connectivity index (χ1n) is 5.39. The molecular formula is C12H15ClN4. The third-order valence-corrected chi connectivity index (χ3v) is 2.90. The summed E-state index contributed by atoms with van der Waals surface area (Å²) in [6, 6.07) is 9.72. The van der Waals surface area contributed by atoms with Gasteiger partial charge in [0.05, 0.1) is 11.7 Å². The molecule has 1 atom stereocenters. The number of nitrogens with one attached hydrogen (secondary N) is 1. The van der Waals surface area contributed by atoms with E-state index in [0.717, 1.165) is 17.1 Å². The van der Waals surface area contributed by atoms with Crippen molar-refractivity contribution < 1.29 is 0 Å². The first-order chi connectivity index (χ1) is 8.19. The number of aryl methyl sites for hydroxylation is 1. The van der Waals surface area contributed by atoms with Crippen molar-refractivity contribution in [1.29, 1.82) is 0 Å². The van der Waals surface area contributed by atoms with Crippen LogP contribution in [0.25, 0.3) is 0 Å². The highest BCUT2D eigenvalue weighted by Gasteiger charge is 2.12. The van der Waals surface area contributed by atoms with Gasteiger partial charge in [-0.3, -0.25) is 16.0 Å². The Labute approximate surface area is 105 Å². The fourth-order valence-electron chi connectivity index (χ4n) is 1.72. The maximum absolute atomic E-state index is 5.85. The number of hydrogen-bond donors (Lipinski definition) is 2. The summed E-state index contributed by atoms with van der Waals surface area (Å²) < 4.78 is 1.77. The molecule has 90 valence electrons. The van der Waals surface area contributed by atoms with E-state index in [1.165, 1.54) is 5.56 Å². The van der Waals surface area contributed by atoms with Crippen LogP contribution in [0.4, 0.5) is 0 Å². The minimum absolute atomic E-state index is 0.0115. The monoisotopic (exact) mass is 250 g/mol. The Bertz CT molecular complexity index is 478. The second kappa shape index (κ2) is 5.31. The van der Waals surface area contributed by atoms with Gasteiger partial charge in [0.25, 0.3) is 0 Å². The molecule has 1 aromatic heterocycles. The van der Waals surface area contributed by atoms with Crippen LogP contribution in [0, 0.1) is 0 Å². The van der Waals surface area contributed by atoms with E-state index in [1.807, 2.05) is 43.6 Å². The standard InChI is InChI=1S/C12H15ClN4/c1-17-7-6-11(16-17)12(15-14)8-9-2-4-10(13)5-3-9/h2-7,12,15H,8,14H2,1H3. The second-order valence-corrected chi connectivity index (χ2v) is 4.40. The fraction of sp³-hybridized carbons (Fsp3) is 0.250. The number of nitrogens with zero attached hydrogens (tertiary/aromatic N) is 2. The summed E-state index contributed by atoms with van der Waals surface area (Å²) in [6.07, 6.45) is 2.69. The van der Waals surface area contributed by atoms with Crippen LogP contribution in [0.1, 0.15) is 17.3 Å². The molecule has 3 N–H and O–H groups in total. The minimum atomic E-state index is 0.0115. The van der Waals surface area contributed by atoms with Gasteiger partial charge in [-0.25, -0.2) is 0 Å². The highest BCUT2D eigenvalue weighted by molar-refractivity contribution is 6.30. The largest absolute Gasteiger partial charge is 0.275 e. The molecule has 0 aliphatic heterocycles. The molecule has 0 saturated carbocycles. The maximum atomic E-state index is 5.85. The van der Waals surface area contributed by atoms with Crippen molar-refractivity contribution in [2.24, 2.45) is 12.9 Å². The predicted octanol–water partition coefficient (Wildman–Crippen LogP) is 1.82. The van der Waals surface area contributed by atoms with Gasteiger partial charge in [-0.05, 0) is 30.2 Å². The van der Waals surface area contributed by atoms with E-state index in [-0.39, 0.29) is 6.04 Å². The van der Waals surface area contributed by atoms with E-state index in [0.29, 0.717) is 0 Å². The lowest BCUT2D eigenvalue weighted by atomic mass is 10.0. The number of hydrazine groups is 1. The summed E-state index contributed by atoms with van der Waals surface area (Å²) in [4.78, 5) is 0. The average molecular weight is 251 g/mol. The zero-order chi connectivity index (χ0) is 12.3. The van der Waals surface area contributed by atoms with Crippen molar-refractivity contribution in [3.8, 4) is 0 Å². The Kier molecular flexibility index (Phi) is 3.78. The maximum Gasteiger partial charge on any atom is 0.0810 e. The SMILES string of the molecule is Cn1ccc(C(Cc2ccc(Cl)cc2)NN)n1. The van der Waals surface area contributed by atoms with Gasteiger partial charge in [0.15, 0.2) is 0 Å². The molecule has 0 aliphatic carbocycles. The van der Waals surface area contributed by atoms with Crippen LogP contribution in [0.5, 0.6) is 0 Å². The van der Waals surface area contributed by atoms with E-state index in [9.17, 15) is 0 Å². The molecule has 0 radical (unpaired) electrons. The zero-order valence-corrected chi connectivity index (χ0v) is 10.4. The molecule has 1 heterocycles. The molecular weight excluding hydrogens is 236 g/mol. The summed E-state index contributed by atoms with van der Waals surface area (Å²) in [5.41, 5.74) is 4.89. The number of nitrogens with two attached hydrogens (primary N) is 1. The van der Waals surface area contributed by atoms with Crippen molar-refractivity contribution in [1.82, 2.24) is 15.2 Å². The highest BCUT2D eigenvalue weighted by atomic mass is 35.5. The van der Waals surface area contributed by atoms with E-state index >= 15 is 0 Å². The van der Waals surface area contributed by atoms with Gasteiger partial charge in [-0.2, -0.15) is 5.10 Å². The lowest BCUT2D eigenvalue weighted by Gasteiger charge is -2.13. The molecule has 4 nitrogen and oxygen atoms in total. The lowest BCUT2D eigenvalue weighted by molar-refractivity contribution is 0.529. The molecule has 17 heavy (non-hydrogen) atoms. The normalized spacial score (nSPS) is 12.6. The predicted molar refractivity (Wildman–Crippen MR) is 68.4 cm³/mol. The molecule has 0 bridgehead atoms. The van der Waals surface area contributed by atoms with E-state index in [2.05, 4.69) is 10.5 Å². The topological polar surface area (TPSA) is 55.9 Å². The Balaban J connectivity index is 2.12. The number of rotatable bonds is 4. The number of aromatic nitrogens is 2. The van der Waals surface area contributed by atoms with Gasteiger partial charge in [0, 0.05) is 18.3 Å². The Morgan fingerprint density at radius 1 is 1.35 bits per heavy atom. The van der Waals surface area contributed by atoms with Gasteiger partial charge in [0.1, 0.15) is 0 Å². The van der Waals surface area contributed by atoms with Gasteiger partial charge in [-0.15, -0.1) is 0 Å². The molecule has 0 saturated heterocycles. The average Bonchev–Trinajstić information content (AvgIpc) is 2.75. The summed E-state index contributed by atoms with van der Waals surface area (Å²) in [6.45, 7) is 0. The van der Waals surface area contributed by atoms with E-state index in [1.54, 1.807) is 4.68 Å². The summed E-state index contributed by atoms with van der Waals surface area (Å²) in [5.74, 6) is 5.57. The lowest BCUT2D eigenvalue weighted by Crippen LogP contribution is -2.30. The quantitative estimate of drug-likeness (QED) is 0.643. The van der Waals surface area contributed by atoms with Gasteiger partial charge in [-0.1, -0.05) is 23.7 Å². The third-order valence-electron chi connectivity index (χ3n) is 2.65. The van der Waals surface area contributed by atoms with E-state index < -0.39 is 0 Å². The number of halogens is 1. The number of benzene rings is 1. The molecule has 1 unspecified atom stereocenters. The first-order valence-corrected chi connectivity index (χ1v) is 5.77. The Morgan fingerprint density at radius 3 is 2.59 bits per heavy atom. The summed E-state index contributed by atoms with van der Waals surface area (Å²) >= 11 is 5.85. The van der Waals surface area contributed by atoms with Crippen LogP contribution in [0.15, 0.2) is 36.5 Å². The number of hydrogen-bond acceptors (Lipinski definition) is 3. The fourth-order valence-corrected chi connectivity index (χ4v) is 1.85. The van der Waals surface area contributed by atoms with Crippen molar-refractivity contribution in [2.75, 3.05) is 0 Å². The molecule has 1 aromatic carbocycles. The molecule has 0 aliphatic rings. The molecule has 0 spiro atoms. The van der Waals surface area contributed by atoms with Crippen LogP contribution in [-0.2, 0) is 13.5 Å². The van der Waals surface area contributed by atoms with Crippen molar-refractivity contribution in [3.05, 3.63) is 52.8 Å². The Morgan fingerprint density at radius 2 is 2.06 bits per heavy atom. The minimum Gasteiger partial charge on any atom is -0.275 e. The second-order valence-electron chi connectivity index (χ2n) is 3.96. The van der Waals surface area contributed by atoms with Gasteiger partial charge >= 0.3 is 0 Å². The van der Waals surface area contributed by atoms with E-state index in [4.69, 9.17) is 17.4 Å². The van der Waals surface area contributed by atoms with Crippen LogP contribution in [0.2, 0.25) is 5.02 Å². The van der Waals surface area contributed by atoms with Crippen molar-refractivity contribution in [2.45, 2.75) is 12.5 Å². The summed E-state index contributed by atoms with van der Waals surface area (Å²) in [7, 11) is 1.89. The van der Waals surface area contributed by atoms with Crippen LogP contribution >= 0.6 is 11.6 Å². The van der Waals surface area contributed by atoms with Gasteiger partial charge in [0.2, 0.25) is 0 Å². The molecule has 5 heteroatoms. The first kappa shape index (κ1) is 12.1. The summed E-state index contributed by atoms with van der Waals surface area (Å²) in [5, 5.41) is 5.08. The zero-order valence-electron chi connectivity index (χ0n) is 9.60. The molecule has 2 aromatic rings. The molecule has 0 amide bonds. The Hall–Kier alpha value is -1.36. The van der Waals surface area contributed by atoms with Gasteiger partial charge < -0.3 is 0 Å². The van der Waals surface area contributed by atoms with Crippen molar-refractivity contribution >= 4 is 11.6 Å². The molecule has 2 rings (SSSR count). The smallest absolute Gasteiger partial charge is 0.0810 e. The van der Waals surface area contributed by atoms with Crippen LogP contribution < -0.4 is 11.3 Å².